The number of methoxy groups -OCH3 is 1. The molecule has 3 rings (SSSR count). The van der Waals surface area contributed by atoms with Gasteiger partial charge in [-0.1, -0.05) is 6.07 Å². The number of aromatic amines is 1. The maximum Gasteiger partial charge on any atom is 0.274 e. The molecule has 2 N–H and O–H groups in total. The topological polar surface area (TPSA) is 53.1 Å². The van der Waals surface area contributed by atoms with Crippen LogP contribution in [0.15, 0.2) is 30.5 Å². The number of nitrogens with zero attached hydrogens (tertiary/aromatic N) is 2. The average Bonchev–Trinajstić information content (AvgIpc) is 2.97. The molecule has 1 aliphatic heterocycles. The lowest BCUT2D eigenvalue weighted by atomic mass is 10.1. The van der Waals surface area contributed by atoms with Crippen molar-refractivity contribution in [1.29, 1.82) is 0 Å². The number of quaternary nitrogens is 1. The molecule has 6 heteroatoms. The summed E-state index contributed by atoms with van der Waals surface area (Å²) in [5.74, 6) is 1.40. The molecule has 2 aromatic heterocycles. The lowest BCUT2D eigenvalue weighted by Gasteiger charge is -2.27. The minimum atomic E-state index is 0.231. The number of pyridine rings is 1. The molecule has 0 radical (unpaired) electrons. The van der Waals surface area contributed by atoms with Crippen molar-refractivity contribution in [3.63, 3.8) is 0 Å². The Kier molecular flexibility index (Phi) is 6.29. The van der Waals surface area contributed by atoms with Crippen molar-refractivity contribution in [2.75, 3.05) is 51.3 Å². The smallest absolute Gasteiger partial charge is 0.274 e. The summed E-state index contributed by atoms with van der Waals surface area (Å²) < 4.78 is 7.51. The summed E-state index contributed by atoms with van der Waals surface area (Å²) >= 11 is 0. The molecule has 146 valence electrons. The molecule has 0 saturated carbocycles. The molecule has 1 fully saturated rings. The van der Waals surface area contributed by atoms with E-state index in [1.165, 1.54) is 4.90 Å². The third-order valence-electron chi connectivity index (χ3n) is 5.55. The molecule has 3 heterocycles. The molecule has 0 amide bonds. The Morgan fingerprint density at radius 3 is 2.67 bits per heavy atom. The first kappa shape index (κ1) is 19.6. The van der Waals surface area contributed by atoms with Gasteiger partial charge in [0.25, 0.3) is 5.82 Å². The van der Waals surface area contributed by atoms with E-state index in [1.54, 1.807) is 7.11 Å². The number of hydrogen-bond acceptors (Lipinski definition) is 3. The van der Waals surface area contributed by atoms with Crippen molar-refractivity contribution in [2.45, 2.75) is 26.8 Å². The van der Waals surface area contributed by atoms with E-state index in [-0.39, 0.29) is 11.8 Å². The number of Topliss-reactive ketones (excluding diaryl/α,β-unsaturated/α-hetero) is 1. The van der Waals surface area contributed by atoms with Crippen LogP contribution in [-0.4, -0.2) is 56.8 Å². The van der Waals surface area contributed by atoms with Crippen LogP contribution in [0.4, 0.5) is 5.82 Å². The number of piperazine rings is 1. The third-order valence-corrected chi connectivity index (χ3v) is 5.55. The van der Waals surface area contributed by atoms with Crippen molar-refractivity contribution in [3.05, 3.63) is 47.4 Å². The normalized spacial score (nSPS) is 16.5. The first-order valence-electron chi connectivity index (χ1n) is 9.77. The summed E-state index contributed by atoms with van der Waals surface area (Å²) in [7, 11) is 1.72. The molecule has 0 spiro atoms. The van der Waals surface area contributed by atoms with Crippen molar-refractivity contribution in [2.24, 2.45) is 0 Å². The molecule has 2 aromatic rings. The molecule has 0 bridgehead atoms. The second kappa shape index (κ2) is 8.67. The van der Waals surface area contributed by atoms with E-state index >= 15 is 0 Å². The maximum atomic E-state index is 12.9. The zero-order valence-electron chi connectivity index (χ0n) is 16.9. The number of carbonyl (C=O) groups is 1. The molecular formula is C21H32N4O2+2. The molecule has 1 atom stereocenters. The van der Waals surface area contributed by atoms with Gasteiger partial charge in [0.15, 0.2) is 0 Å². The Balaban J connectivity index is 1.61. The van der Waals surface area contributed by atoms with Crippen LogP contribution >= 0.6 is 0 Å². The van der Waals surface area contributed by atoms with Gasteiger partial charge in [-0.25, -0.2) is 4.98 Å². The van der Waals surface area contributed by atoms with E-state index in [0.29, 0.717) is 13.2 Å². The standard InChI is InChI=1S/C21H30N4O2/c1-16-13-19(18(3)25(16)17(2)15-27-4)20(26)14-23-9-11-24(12-10-23)21-7-5-6-8-22-21/h5-8,13,17H,9-12,14-15H2,1-4H3/p+2/t17-/m1/s1. The lowest BCUT2D eigenvalue weighted by Crippen LogP contribution is -3.15. The quantitative estimate of drug-likeness (QED) is 0.729. The number of rotatable bonds is 7. The van der Waals surface area contributed by atoms with Gasteiger partial charge >= 0.3 is 0 Å². The highest BCUT2D eigenvalue weighted by Crippen LogP contribution is 2.21. The number of anilines is 1. The summed E-state index contributed by atoms with van der Waals surface area (Å²) in [5.41, 5.74) is 3.04. The van der Waals surface area contributed by atoms with E-state index in [1.807, 2.05) is 25.3 Å². The predicted octanol–water partition coefficient (Wildman–Crippen LogP) is 0.714. The molecule has 6 nitrogen and oxygen atoms in total. The summed E-state index contributed by atoms with van der Waals surface area (Å²) in [4.78, 5) is 20.0. The number of nitrogens with one attached hydrogen (secondary N) is 2. The molecule has 0 aliphatic carbocycles. The van der Waals surface area contributed by atoms with Crippen LogP contribution in [0.5, 0.6) is 0 Å². The number of ketones is 1. The second-order valence-corrected chi connectivity index (χ2v) is 7.54. The number of carbonyl (C=O) groups excluding carboxylic acids is 1. The molecule has 0 unspecified atom stereocenters. The zero-order chi connectivity index (χ0) is 19.4. The number of H-pyrrole nitrogens is 1. The molecule has 1 saturated heterocycles. The number of hydrogen-bond donors (Lipinski definition) is 1. The minimum Gasteiger partial charge on any atom is -0.383 e. The van der Waals surface area contributed by atoms with Gasteiger partial charge in [0.2, 0.25) is 5.78 Å². The van der Waals surface area contributed by atoms with Crippen LogP contribution in [0.3, 0.4) is 0 Å². The Morgan fingerprint density at radius 1 is 1.30 bits per heavy atom. The summed E-state index contributed by atoms with van der Waals surface area (Å²) in [6.45, 7) is 11.3. The van der Waals surface area contributed by atoms with Crippen LogP contribution in [0.1, 0.15) is 34.7 Å². The van der Waals surface area contributed by atoms with Gasteiger partial charge in [0.05, 0.1) is 18.8 Å². The van der Waals surface area contributed by atoms with Crippen molar-refractivity contribution in [1.82, 2.24) is 4.57 Å². The fourth-order valence-corrected chi connectivity index (χ4v) is 4.20. The van der Waals surface area contributed by atoms with Crippen LogP contribution in [-0.2, 0) is 4.74 Å². The Morgan fingerprint density at radius 2 is 2.04 bits per heavy atom. The van der Waals surface area contributed by atoms with Gasteiger partial charge in [-0.05, 0) is 32.9 Å². The van der Waals surface area contributed by atoms with E-state index < -0.39 is 0 Å². The fourth-order valence-electron chi connectivity index (χ4n) is 4.20. The number of aromatic nitrogens is 2. The number of ether oxygens (including phenoxy) is 1. The fraction of sp³-hybridized carbons (Fsp3) is 0.524. The Hall–Kier alpha value is -2.18. The minimum absolute atomic E-state index is 0.231. The molecular weight excluding hydrogens is 340 g/mol. The average molecular weight is 373 g/mol. The van der Waals surface area contributed by atoms with E-state index in [0.717, 1.165) is 48.9 Å². The van der Waals surface area contributed by atoms with Gasteiger partial charge in [-0.2, -0.15) is 0 Å². The highest BCUT2D eigenvalue weighted by Gasteiger charge is 2.28. The summed E-state index contributed by atoms with van der Waals surface area (Å²) in [6.07, 6.45) is 1.96. The molecule has 0 aromatic carbocycles. The van der Waals surface area contributed by atoms with Gasteiger partial charge in [0.1, 0.15) is 32.7 Å². The Bertz CT molecular complexity index is 764. The van der Waals surface area contributed by atoms with E-state index in [4.69, 9.17) is 4.74 Å². The molecule has 1 aliphatic rings. The lowest BCUT2D eigenvalue weighted by molar-refractivity contribution is -0.892. The van der Waals surface area contributed by atoms with Gasteiger partial charge in [-0.15, -0.1) is 0 Å². The first-order valence-corrected chi connectivity index (χ1v) is 9.77. The highest BCUT2D eigenvalue weighted by atomic mass is 16.5. The number of aryl methyl sites for hydroxylation is 1. The van der Waals surface area contributed by atoms with Gasteiger partial charge in [-0.3, -0.25) is 9.69 Å². The SMILES string of the molecule is COC[C@@H](C)n1c(C)cc(C(=O)C[NH+]2CCN(c3cccc[nH+]3)CC2)c1C. The first-order chi connectivity index (χ1) is 13.0. The van der Waals surface area contributed by atoms with Crippen LogP contribution in [0.25, 0.3) is 0 Å². The largest absolute Gasteiger partial charge is 0.383 e. The Labute approximate surface area is 161 Å². The second-order valence-electron chi connectivity index (χ2n) is 7.54. The van der Waals surface area contributed by atoms with Gasteiger partial charge in [0, 0.05) is 30.1 Å². The predicted molar refractivity (Wildman–Crippen MR) is 106 cm³/mol. The van der Waals surface area contributed by atoms with E-state index in [9.17, 15) is 4.79 Å². The zero-order valence-corrected chi connectivity index (χ0v) is 16.9. The monoisotopic (exact) mass is 372 g/mol. The molecule has 27 heavy (non-hydrogen) atoms. The summed E-state index contributed by atoms with van der Waals surface area (Å²) in [5, 5.41) is 0. The van der Waals surface area contributed by atoms with Crippen LogP contribution in [0, 0.1) is 13.8 Å². The van der Waals surface area contributed by atoms with Crippen LogP contribution in [0.2, 0.25) is 0 Å². The third kappa shape index (κ3) is 4.39. The van der Waals surface area contributed by atoms with Crippen molar-refractivity contribution in [3.8, 4) is 0 Å². The van der Waals surface area contributed by atoms with Crippen LogP contribution < -0.4 is 14.8 Å². The summed E-state index contributed by atoms with van der Waals surface area (Å²) in [6, 6.07) is 8.42. The van der Waals surface area contributed by atoms with Crippen molar-refractivity contribution < 1.29 is 19.4 Å². The van der Waals surface area contributed by atoms with E-state index in [2.05, 4.69) is 40.4 Å². The highest BCUT2D eigenvalue weighted by molar-refractivity contribution is 5.98. The van der Waals surface area contributed by atoms with Gasteiger partial charge < -0.3 is 14.2 Å². The van der Waals surface area contributed by atoms with Crippen molar-refractivity contribution >= 4 is 11.6 Å². The maximum absolute atomic E-state index is 12.9.